The second kappa shape index (κ2) is 7.07. The third-order valence-electron chi connectivity index (χ3n) is 4.75. The second-order valence-electron chi connectivity index (χ2n) is 6.31. The minimum atomic E-state index is -0.479. The molecule has 0 aromatic carbocycles. The van der Waals surface area contributed by atoms with E-state index in [1.807, 2.05) is 19.2 Å². The molecular weight excluding hydrogens is 333 g/mol. The predicted molar refractivity (Wildman–Crippen MR) is 97.5 cm³/mol. The summed E-state index contributed by atoms with van der Waals surface area (Å²) in [6, 6.07) is 7.01. The monoisotopic (exact) mass is 353 g/mol. The molecule has 4 heterocycles. The molecule has 3 aromatic heterocycles. The summed E-state index contributed by atoms with van der Waals surface area (Å²) in [6.07, 6.45) is 5.28. The van der Waals surface area contributed by atoms with E-state index in [2.05, 4.69) is 35.4 Å². The SMILES string of the molecule is CNc1nnc(C2CCN(c3ncccc3-c3ccc(F)nc3)CC2)[nH]1. The summed E-state index contributed by atoms with van der Waals surface area (Å²) in [7, 11) is 1.82. The van der Waals surface area contributed by atoms with Gasteiger partial charge in [-0.25, -0.2) is 9.97 Å². The fourth-order valence-corrected chi connectivity index (χ4v) is 3.35. The van der Waals surface area contributed by atoms with Crippen molar-refractivity contribution in [2.24, 2.45) is 0 Å². The first-order valence-electron chi connectivity index (χ1n) is 8.67. The molecule has 0 amide bonds. The van der Waals surface area contributed by atoms with Gasteiger partial charge in [0.05, 0.1) is 0 Å². The van der Waals surface area contributed by atoms with Gasteiger partial charge in [-0.05, 0) is 37.1 Å². The van der Waals surface area contributed by atoms with Crippen molar-refractivity contribution < 1.29 is 4.39 Å². The molecule has 7 nitrogen and oxygen atoms in total. The van der Waals surface area contributed by atoms with Gasteiger partial charge in [0.2, 0.25) is 11.9 Å². The normalized spacial score (nSPS) is 15.2. The van der Waals surface area contributed by atoms with E-state index in [1.165, 1.54) is 6.07 Å². The molecule has 0 radical (unpaired) electrons. The Labute approximate surface area is 150 Å². The molecule has 0 unspecified atom stereocenters. The van der Waals surface area contributed by atoms with Crippen LogP contribution in [-0.4, -0.2) is 45.3 Å². The number of pyridine rings is 2. The number of rotatable bonds is 4. The molecule has 8 heteroatoms. The summed E-state index contributed by atoms with van der Waals surface area (Å²) in [5.74, 6) is 2.41. The van der Waals surface area contributed by atoms with E-state index in [1.54, 1.807) is 18.5 Å². The number of H-pyrrole nitrogens is 1. The van der Waals surface area contributed by atoms with Crippen LogP contribution in [0.4, 0.5) is 16.2 Å². The maximum absolute atomic E-state index is 13.1. The summed E-state index contributed by atoms with van der Waals surface area (Å²) in [4.78, 5) is 13.8. The third-order valence-corrected chi connectivity index (χ3v) is 4.75. The van der Waals surface area contributed by atoms with Crippen molar-refractivity contribution in [2.75, 3.05) is 30.4 Å². The molecule has 26 heavy (non-hydrogen) atoms. The van der Waals surface area contributed by atoms with E-state index < -0.39 is 5.95 Å². The first kappa shape index (κ1) is 16.4. The van der Waals surface area contributed by atoms with Crippen LogP contribution in [0.2, 0.25) is 0 Å². The van der Waals surface area contributed by atoms with Gasteiger partial charge in [0.15, 0.2) is 0 Å². The maximum Gasteiger partial charge on any atom is 0.221 e. The Kier molecular flexibility index (Phi) is 4.47. The minimum Gasteiger partial charge on any atom is -0.358 e. The molecule has 3 aromatic rings. The Morgan fingerprint density at radius 1 is 1.15 bits per heavy atom. The van der Waals surface area contributed by atoms with Crippen molar-refractivity contribution in [1.82, 2.24) is 25.1 Å². The van der Waals surface area contributed by atoms with E-state index in [9.17, 15) is 4.39 Å². The molecule has 1 fully saturated rings. The summed E-state index contributed by atoms with van der Waals surface area (Å²) >= 11 is 0. The molecule has 0 saturated carbocycles. The van der Waals surface area contributed by atoms with Crippen molar-refractivity contribution in [3.8, 4) is 11.1 Å². The Morgan fingerprint density at radius 2 is 2.00 bits per heavy atom. The maximum atomic E-state index is 13.1. The highest BCUT2D eigenvalue weighted by Crippen LogP contribution is 2.33. The highest BCUT2D eigenvalue weighted by atomic mass is 19.1. The first-order chi connectivity index (χ1) is 12.7. The van der Waals surface area contributed by atoms with Crippen LogP contribution in [0.15, 0.2) is 36.7 Å². The van der Waals surface area contributed by atoms with Gasteiger partial charge in [0, 0.05) is 49.6 Å². The topological polar surface area (TPSA) is 82.6 Å². The van der Waals surface area contributed by atoms with Crippen LogP contribution < -0.4 is 10.2 Å². The van der Waals surface area contributed by atoms with Crippen LogP contribution in [0, 0.1) is 5.95 Å². The summed E-state index contributed by atoms with van der Waals surface area (Å²) in [5.41, 5.74) is 1.83. The first-order valence-corrected chi connectivity index (χ1v) is 8.67. The third kappa shape index (κ3) is 3.22. The largest absolute Gasteiger partial charge is 0.358 e. The molecule has 1 aliphatic heterocycles. The molecule has 134 valence electrons. The fraction of sp³-hybridized carbons (Fsp3) is 0.333. The van der Waals surface area contributed by atoms with Crippen LogP contribution in [0.3, 0.4) is 0 Å². The molecule has 1 saturated heterocycles. The molecule has 1 aliphatic rings. The van der Waals surface area contributed by atoms with Gasteiger partial charge >= 0.3 is 0 Å². The van der Waals surface area contributed by atoms with E-state index >= 15 is 0 Å². The van der Waals surface area contributed by atoms with Crippen molar-refractivity contribution in [3.05, 3.63) is 48.4 Å². The molecule has 0 bridgehead atoms. The minimum absolute atomic E-state index is 0.362. The van der Waals surface area contributed by atoms with E-state index in [4.69, 9.17) is 0 Å². The van der Waals surface area contributed by atoms with Crippen molar-refractivity contribution in [3.63, 3.8) is 0 Å². The van der Waals surface area contributed by atoms with Gasteiger partial charge in [-0.2, -0.15) is 4.39 Å². The van der Waals surface area contributed by atoms with Gasteiger partial charge < -0.3 is 15.2 Å². The number of hydrogen-bond acceptors (Lipinski definition) is 6. The van der Waals surface area contributed by atoms with E-state index in [-0.39, 0.29) is 0 Å². The molecule has 4 rings (SSSR count). The number of anilines is 2. The van der Waals surface area contributed by atoms with Crippen LogP contribution >= 0.6 is 0 Å². The fourth-order valence-electron chi connectivity index (χ4n) is 3.35. The van der Waals surface area contributed by atoms with Crippen LogP contribution in [-0.2, 0) is 0 Å². The molecular formula is C18H20FN7. The van der Waals surface area contributed by atoms with Gasteiger partial charge in [-0.3, -0.25) is 0 Å². The van der Waals surface area contributed by atoms with E-state index in [0.29, 0.717) is 11.9 Å². The predicted octanol–water partition coefficient (Wildman–Crippen LogP) is 2.83. The van der Waals surface area contributed by atoms with E-state index in [0.717, 1.165) is 48.7 Å². The number of hydrogen-bond donors (Lipinski definition) is 2. The van der Waals surface area contributed by atoms with Crippen LogP contribution in [0.5, 0.6) is 0 Å². The molecule has 2 N–H and O–H groups in total. The second-order valence-corrected chi connectivity index (χ2v) is 6.31. The number of aromatic amines is 1. The highest BCUT2D eigenvalue weighted by molar-refractivity contribution is 5.75. The Balaban J connectivity index is 1.52. The highest BCUT2D eigenvalue weighted by Gasteiger charge is 2.25. The zero-order valence-electron chi connectivity index (χ0n) is 14.5. The lowest BCUT2D eigenvalue weighted by atomic mass is 9.95. The van der Waals surface area contributed by atoms with Gasteiger partial charge in [0.25, 0.3) is 0 Å². The van der Waals surface area contributed by atoms with Crippen molar-refractivity contribution >= 4 is 11.8 Å². The van der Waals surface area contributed by atoms with Gasteiger partial charge in [-0.1, -0.05) is 0 Å². The number of nitrogens with zero attached hydrogens (tertiary/aromatic N) is 5. The van der Waals surface area contributed by atoms with Gasteiger partial charge in [0.1, 0.15) is 11.6 Å². The van der Waals surface area contributed by atoms with Crippen molar-refractivity contribution in [1.29, 1.82) is 0 Å². The zero-order valence-corrected chi connectivity index (χ0v) is 14.5. The zero-order chi connectivity index (χ0) is 17.9. The summed E-state index contributed by atoms with van der Waals surface area (Å²) < 4.78 is 13.1. The molecule has 0 spiro atoms. The van der Waals surface area contributed by atoms with Crippen LogP contribution in [0.25, 0.3) is 11.1 Å². The Bertz CT molecular complexity index is 869. The number of piperidine rings is 1. The average molecular weight is 353 g/mol. The van der Waals surface area contributed by atoms with Crippen LogP contribution in [0.1, 0.15) is 24.6 Å². The standard InChI is InChI=1S/C18H20FN7/c1-20-18-23-16(24-25-18)12-6-9-26(10-7-12)17-14(3-2-8-21-17)13-4-5-15(19)22-11-13/h2-5,8,11-12H,6-7,9-10H2,1H3,(H2,20,23,24,25). The Hall–Kier alpha value is -3.03. The number of halogens is 1. The Morgan fingerprint density at radius 3 is 2.69 bits per heavy atom. The summed E-state index contributed by atoms with van der Waals surface area (Å²) in [6.45, 7) is 1.75. The average Bonchev–Trinajstić information content (AvgIpc) is 3.18. The quantitative estimate of drug-likeness (QED) is 0.702. The smallest absolute Gasteiger partial charge is 0.221 e. The van der Waals surface area contributed by atoms with Crippen molar-refractivity contribution in [2.45, 2.75) is 18.8 Å². The lowest BCUT2D eigenvalue weighted by Crippen LogP contribution is -2.34. The number of aromatic nitrogens is 5. The lowest BCUT2D eigenvalue weighted by molar-refractivity contribution is 0.485. The summed E-state index contributed by atoms with van der Waals surface area (Å²) in [5, 5.41) is 11.3. The molecule has 0 atom stereocenters. The van der Waals surface area contributed by atoms with Gasteiger partial charge in [-0.15, -0.1) is 10.2 Å². The molecule has 0 aliphatic carbocycles. The number of nitrogens with one attached hydrogen (secondary N) is 2. The lowest BCUT2D eigenvalue weighted by Gasteiger charge is -2.33.